The summed E-state index contributed by atoms with van der Waals surface area (Å²) in [7, 11) is 0. The van der Waals surface area contributed by atoms with Crippen LogP contribution in [0.1, 0.15) is 92.6 Å². The van der Waals surface area contributed by atoms with Crippen molar-refractivity contribution in [1.82, 2.24) is 5.32 Å². The molecule has 11 nitrogen and oxygen atoms in total. The number of carbonyl (C=O) groups excluding carboxylic acids is 3. The average molecular weight is 582 g/mol. The summed E-state index contributed by atoms with van der Waals surface area (Å²) in [6.45, 7) is 13.0. The van der Waals surface area contributed by atoms with E-state index in [9.17, 15) is 24.3 Å². The number of esters is 1. The Labute approximate surface area is 243 Å². The highest BCUT2D eigenvalue weighted by Crippen LogP contribution is 2.30. The van der Waals surface area contributed by atoms with E-state index in [-0.39, 0.29) is 48.6 Å². The van der Waals surface area contributed by atoms with Gasteiger partial charge in [-0.25, -0.2) is 9.59 Å². The number of aliphatic carboxylic acids is 1. The molecule has 1 aromatic carbocycles. The van der Waals surface area contributed by atoms with Gasteiger partial charge in [-0.3, -0.25) is 9.59 Å². The van der Waals surface area contributed by atoms with Crippen LogP contribution < -0.4 is 14.8 Å². The van der Waals surface area contributed by atoms with Gasteiger partial charge in [-0.05, 0) is 64.2 Å². The van der Waals surface area contributed by atoms with Crippen LogP contribution in [0.5, 0.6) is 11.5 Å². The van der Waals surface area contributed by atoms with Gasteiger partial charge in [0.1, 0.15) is 24.4 Å². The van der Waals surface area contributed by atoms with Crippen molar-refractivity contribution in [2.24, 2.45) is 5.92 Å². The average Bonchev–Trinajstić information content (AvgIpc) is 2.87. The van der Waals surface area contributed by atoms with Crippen LogP contribution in [0.15, 0.2) is 18.2 Å². The van der Waals surface area contributed by atoms with Crippen LogP contribution in [-0.2, 0) is 30.2 Å². The first-order valence-electron chi connectivity index (χ1n) is 14.5. The largest absolute Gasteiger partial charge is 0.514 e. The zero-order valence-electron chi connectivity index (χ0n) is 25.4. The molecule has 4 unspecified atom stereocenters. The Kier molecular flexibility index (Phi) is 16.5. The van der Waals surface area contributed by atoms with Crippen LogP contribution in [0.3, 0.4) is 0 Å². The fourth-order valence-electron chi connectivity index (χ4n) is 4.03. The Balaban J connectivity index is 3.03. The molecule has 0 amide bonds. The number of ether oxygens (including phenoxy) is 5. The summed E-state index contributed by atoms with van der Waals surface area (Å²) in [6.07, 6.45) is 1.23. The van der Waals surface area contributed by atoms with Gasteiger partial charge in [-0.2, -0.15) is 0 Å². The normalized spacial score (nSPS) is 14.6. The molecule has 0 aliphatic carbocycles. The number of rotatable bonds is 18. The van der Waals surface area contributed by atoms with Gasteiger partial charge in [-0.15, -0.1) is 0 Å². The number of carbonyl (C=O) groups is 4. The van der Waals surface area contributed by atoms with Crippen molar-refractivity contribution in [3.05, 3.63) is 23.8 Å². The third kappa shape index (κ3) is 14.2. The van der Waals surface area contributed by atoms with Crippen molar-refractivity contribution < 1.29 is 48.0 Å². The van der Waals surface area contributed by atoms with Crippen LogP contribution in [0.25, 0.3) is 0 Å². The molecule has 1 rings (SSSR count). The number of hydrogen-bond donors (Lipinski definition) is 2. The Hall–Kier alpha value is -3.34. The molecule has 2 N–H and O–H groups in total. The van der Waals surface area contributed by atoms with Crippen LogP contribution in [-0.4, -0.2) is 60.3 Å². The molecule has 41 heavy (non-hydrogen) atoms. The lowest BCUT2D eigenvalue weighted by molar-refractivity contribution is -0.152. The minimum atomic E-state index is -1.12. The van der Waals surface area contributed by atoms with Gasteiger partial charge in [0.15, 0.2) is 11.5 Å². The van der Waals surface area contributed by atoms with E-state index in [1.54, 1.807) is 33.8 Å². The number of nitrogens with one attached hydrogen (secondary N) is 1. The minimum absolute atomic E-state index is 0.00184. The fourth-order valence-corrected chi connectivity index (χ4v) is 4.03. The summed E-state index contributed by atoms with van der Waals surface area (Å²) in [5, 5.41) is 12.7. The van der Waals surface area contributed by atoms with Gasteiger partial charge in [0.05, 0.1) is 5.92 Å². The van der Waals surface area contributed by atoms with E-state index in [4.69, 9.17) is 23.7 Å². The first kappa shape index (κ1) is 35.7. The summed E-state index contributed by atoms with van der Waals surface area (Å²) in [4.78, 5) is 48.9. The zero-order chi connectivity index (χ0) is 30.9. The van der Waals surface area contributed by atoms with Crippen molar-refractivity contribution in [2.75, 3.05) is 6.54 Å². The summed E-state index contributed by atoms with van der Waals surface area (Å²) in [5.41, 5.74) is 0.482. The summed E-state index contributed by atoms with van der Waals surface area (Å²) in [6, 6.07) is 3.33. The van der Waals surface area contributed by atoms with Crippen LogP contribution in [0, 0.1) is 5.92 Å². The van der Waals surface area contributed by atoms with Crippen molar-refractivity contribution in [3.63, 3.8) is 0 Å². The number of benzene rings is 1. The minimum Gasteiger partial charge on any atom is -0.480 e. The molecule has 0 heterocycles. The molecule has 232 valence electrons. The highest BCUT2D eigenvalue weighted by molar-refractivity contribution is 5.74. The molecule has 0 fully saturated rings. The van der Waals surface area contributed by atoms with E-state index in [2.05, 4.69) is 5.32 Å². The highest BCUT2D eigenvalue weighted by atomic mass is 16.7. The van der Waals surface area contributed by atoms with E-state index in [1.165, 1.54) is 12.1 Å². The SMILES string of the molecule is CCCC(C)OC(=O)Oc1ccc(C[C@H](NCC(C)OC(=O)C(C)CCC)C(=O)O)cc1OC(=O)OC(C)CCC. The van der Waals surface area contributed by atoms with Crippen LogP contribution in [0.4, 0.5) is 9.59 Å². The zero-order valence-corrected chi connectivity index (χ0v) is 25.4. The molecule has 0 saturated carbocycles. The molecule has 0 saturated heterocycles. The van der Waals surface area contributed by atoms with Gasteiger partial charge in [0, 0.05) is 6.54 Å². The summed E-state index contributed by atoms with van der Waals surface area (Å²) < 4.78 is 26.6. The highest BCUT2D eigenvalue weighted by Gasteiger charge is 2.24. The van der Waals surface area contributed by atoms with Crippen LogP contribution in [0.2, 0.25) is 0 Å². The van der Waals surface area contributed by atoms with Crippen molar-refractivity contribution in [2.45, 2.75) is 118 Å². The van der Waals surface area contributed by atoms with Crippen molar-refractivity contribution >= 4 is 24.2 Å². The van der Waals surface area contributed by atoms with E-state index < -0.39 is 30.4 Å². The maximum Gasteiger partial charge on any atom is 0.514 e. The maximum atomic E-state index is 12.4. The second-order valence-corrected chi connectivity index (χ2v) is 10.4. The molecule has 0 bridgehead atoms. The Morgan fingerprint density at radius 2 is 1.29 bits per heavy atom. The van der Waals surface area contributed by atoms with Crippen molar-refractivity contribution in [1.29, 1.82) is 0 Å². The predicted molar refractivity (Wildman–Crippen MR) is 152 cm³/mol. The maximum absolute atomic E-state index is 12.4. The van der Waals surface area contributed by atoms with Crippen molar-refractivity contribution in [3.8, 4) is 11.5 Å². The molecule has 0 aromatic heterocycles. The second kappa shape index (κ2) is 18.9. The lowest BCUT2D eigenvalue weighted by Gasteiger charge is -2.20. The molecule has 5 atom stereocenters. The molecule has 0 spiro atoms. The summed E-state index contributed by atoms with van der Waals surface area (Å²) in [5.74, 6) is -1.88. The Bertz CT molecular complexity index is 982. The first-order valence-corrected chi connectivity index (χ1v) is 14.5. The Morgan fingerprint density at radius 1 is 0.756 bits per heavy atom. The van der Waals surface area contributed by atoms with Gasteiger partial charge in [0.25, 0.3) is 0 Å². The topological polar surface area (TPSA) is 147 Å². The number of hydrogen-bond acceptors (Lipinski definition) is 10. The fraction of sp³-hybridized carbons (Fsp3) is 0.667. The lowest BCUT2D eigenvalue weighted by atomic mass is 10.0. The molecule has 0 aliphatic rings. The Morgan fingerprint density at radius 3 is 1.80 bits per heavy atom. The first-order chi connectivity index (χ1) is 19.4. The standard InChI is InChI=1S/C30H47NO10/c1-8-11-19(4)28(34)37-22(7)18-31-24(27(32)33)16-23-14-15-25(40-29(35)38-20(5)12-9-2)26(17-23)41-30(36)39-21(6)13-10-3/h14-15,17,19-22,24,31H,8-13,16,18H2,1-7H3,(H,32,33)/t19?,20?,21?,22?,24-/m0/s1. The van der Waals surface area contributed by atoms with Crippen LogP contribution >= 0.6 is 0 Å². The quantitative estimate of drug-likeness (QED) is 0.119. The smallest absolute Gasteiger partial charge is 0.480 e. The van der Waals surface area contributed by atoms with Gasteiger partial charge < -0.3 is 34.1 Å². The molecule has 0 radical (unpaired) electrons. The third-order valence-electron chi connectivity index (χ3n) is 6.21. The van der Waals surface area contributed by atoms with E-state index in [0.717, 1.165) is 19.3 Å². The second-order valence-electron chi connectivity index (χ2n) is 10.4. The molecular formula is C30H47NO10. The third-order valence-corrected chi connectivity index (χ3v) is 6.21. The van der Waals surface area contributed by atoms with E-state index >= 15 is 0 Å². The monoisotopic (exact) mass is 581 g/mol. The van der Waals surface area contributed by atoms with E-state index in [0.29, 0.717) is 24.8 Å². The number of carboxylic acids is 1. The predicted octanol–water partition coefficient (Wildman–Crippen LogP) is 6.05. The summed E-state index contributed by atoms with van der Waals surface area (Å²) >= 11 is 0. The lowest BCUT2D eigenvalue weighted by Crippen LogP contribution is -2.43. The molecule has 1 aromatic rings. The van der Waals surface area contributed by atoms with Gasteiger partial charge >= 0.3 is 24.2 Å². The molecule has 0 aliphatic heterocycles. The van der Waals surface area contributed by atoms with Gasteiger partial charge in [0.2, 0.25) is 0 Å². The van der Waals surface area contributed by atoms with E-state index in [1.807, 2.05) is 20.8 Å². The molecule has 11 heteroatoms. The molecular weight excluding hydrogens is 534 g/mol. The number of carboxylic acid groups (broad SMARTS) is 1. The van der Waals surface area contributed by atoms with Gasteiger partial charge in [-0.1, -0.05) is 53.0 Å².